The standard InChI is InChI=1S/C42H52/c1-3-5-7-9-11-18-30-42(31-19-12-10-8-6-4-2)40-23-17-16-22-38(40)39-29-26-35(33-41(39)42)32-34-24-27-37(28-25-34)36-20-14-13-15-21-36/h13-17,20-29,33H,3-12,18-19,30-32H2,1-2H3. The molecule has 0 amide bonds. The van der Waals surface area contributed by atoms with Crippen molar-refractivity contribution in [3.63, 3.8) is 0 Å². The normalized spacial score (nSPS) is 13.2. The van der Waals surface area contributed by atoms with Crippen LogP contribution in [0.1, 0.15) is 126 Å². The molecule has 0 aliphatic heterocycles. The van der Waals surface area contributed by atoms with Crippen molar-refractivity contribution in [2.75, 3.05) is 0 Å². The second-order valence-electron chi connectivity index (χ2n) is 12.8. The van der Waals surface area contributed by atoms with E-state index in [2.05, 4.69) is 111 Å². The van der Waals surface area contributed by atoms with Crippen LogP contribution >= 0.6 is 0 Å². The van der Waals surface area contributed by atoms with Gasteiger partial charge in [-0.25, -0.2) is 0 Å². The molecule has 0 spiro atoms. The van der Waals surface area contributed by atoms with Gasteiger partial charge >= 0.3 is 0 Å². The molecule has 0 N–H and O–H groups in total. The number of hydrogen-bond acceptors (Lipinski definition) is 0. The van der Waals surface area contributed by atoms with Crippen molar-refractivity contribution in [1.29, 1.82) is 0 Å². The molecule has 0 radical (unpaired) electrons. The Bertz CT molecular complexity index is 1350. The van der Waals surface area contributed by atoms with Gasteiger partial charge in [-0.15, -0.1) is 0 Å². The highest BCUT2D eigenvalue weighted by molar-refractivity contribution is 5.81. The van der Waals surface area contributed by atoms with Crippen LogP contribution in [-0.4, -0.2) is 0 Å². The maximum Gasteiger partial charge on any atom is 0.0215 e. The summed E-state index contributed by atoms with van der Waals surface area (Å²) >= 11 is 0. The number of hydrogen-bond donors (Lipinski definition) is 0. The van der Waals surface area contributed by atoms with E-state index in [1.54, 1.807) is 11.1 Å². The summed E-state index contributed by atoms with van der Waals surface area (Å²) in [4.78, 5) is 0. The molecule has 0 atom stereocenters. The molecule has 0 heteroatoms. The van der Waals surface area contributed by atoms with Gasteiger partial charge in [0.15, 0.2) is 0 Å². The van der Waals surface area contributed by atoms with Crippen LogP contribution in [0.2, 0.25) is 0 Å². The third kappa shape index (κ3) is 7.26. The molecule has 0 fully saturated rings. The topological polar surface area (TPSA) is 0 Å². The lowest BCUT2D eigenvalue weighted by atomic mass is 9.70. The van der Waals surface area contributed by atoms with Crippen LogP contribution < -0.4 is 0 Å². The first-order valence-corrected chi connectivity index (χ1v) is 17.1. The van der Waals surface area contributed by atoms with Crippen LogP contribution in [0.15, 0.2) is 97.1 Å². The summed E-state index contributed by atoms with van der Waals surface area (Å²) in [5.41, 5.74) is 11.8. The van der Waals surface area contributed by atoms with Gasteiger partial charge in [0.1, 0.15) is 0 Å². The second kappa shape index (κ2) is 15.4. The van der Waals surface area contributed by atoms with E-state index in [0.717, 1.165) is 6.42 Å². The lowest BCUT2D eigenvalue weighted by Gasteiger charge is -2.33. The monoisotopic (exact) mass is 556 g/mol. The smallest absolute Gasteiger partial charge is 0.0215 e. The summed E-state index contributed by atoms with van der Waals surface area (Å²) in [6.07, 6.45) is 19.9. The van der Waals surface area contributed by atoms with E-state index in [4.69, 9.17) is 0 Å². The van der Waals surface area contributed by atoms with Crippen molar-refractivity contribution in [1.82, 2.24) is 0 Å². The first-order valence-electron chi connectivity index (χ1n) is 17.1. The maximum absolute atomic E-state index is 2.61. The van der Waals surface area contributed by atoms with E-state index in [-0.39, 0.29) is 5.41 Å². The summed E-state index contributed by atoms with van der Waals surface area (Å²) in [5, 5.41) is 0. The van der Waals surface area contributed by atoms with Crippen LogP contribution in [0.3, 0.4) is 0 Å². The first kappa shape index (κ1) is 30.3. The molecular formula is C42H52. The van der Waals surface area contributed by atoms with E-state index in [0.29, 0.717) is 0 Å². The number of unbranched alkanes of at least 4 members (excludes halogenated alkanes) is 10. The Labute approximate surface area is 256 Å². The van der Waals surface area contributed by atoms with Crippen LogP contribution in [0.4, 0.5) is 0 Å². The minimum absolute atomic E-state index is 0.161. The number of benzene rings is 4. The Hall–Kier alpha value is -3.12. The molecule has 4 aromatic carbocycles. The molecule has 4 aromatic rings. The Morgan fingerprint density at radius 3 is 1.62 bits per heavy atom. The maximum atomic E-state index is 2.61. The minimum atomic E-state index is 0.161. The highest BCUT2D eigenvalue weighted by Crippen LogP contribution is 2.54. The molecule has 0 saturated carbocycles. The molecule has 0 nitrogen and oxygen atoms in total. The molecule has 1 aliphatic carbocycles. The molecule has 0 saturated heterocycles. The molecule has 42 heavy (non-hydrogen) atoms. The largest absolute Gasteiger partial charge is 0.0654 e. The zero-order valence-electron chi connectivity index (χ0n) is 26.3. The van der Waals surface area contributed by atoms with Crippen molar-refractivity contribution in [2.24, 2.45) is 0 Å². The Morgan fingerprint density at radius 2 is 0.952 bits per heavy atom. The third-order valence-electron chi connectivity index (χ3n) is 9.72. The molecular weight excluding hydrogens is 504 g/mol. The van der Waals surface area contributed by atoms with Gasteiger partial charge in [0.2, 0.25) is 0 Å². The summed E-state index contributed by atoms with van der Waals surface area (Å²) in [7, 11) is 0. The van der Waals surface area contributed by atoms with Crippen molar-refractivity contribution in [3.05, 3.63) is 119 Å². The summed E-state index contributed by atoms with van der Waals surface area (Å²) in [6.45, 7) is 4.63. The number of rotatable bonds is 17. The van der Waals surface area contributed by atoms with Gasteiger partial charge in [0, 0.05) is 5.41 Å². The Morgan fingerprint density at radius 1 is 0.429 bits per heavy atom. The fourth-order valence-electron chi connectivity index (χ4n) is 7.37. The van der Waals surface area contributed by atoms with E-state index in [1.165, 1.54) is 123 Å². The van der Waals surface area contributed by atoms with Crippen LogP contribution in [0.25, 0.3) is 22.3 Å². The zero-order valence-corrected chi connectivity index (χ0v) is 26.3. The van der Waals surface area contributed by atoms with Gasteiger partial charge in [-0.05, 0) is 63.8 Å². The van der Waals surface area contributed by atoms with Crippen LogP contribution in [-0.2, 0) is 11.8 Å². The lowest BCUT2D eigenvalue weighted by Crippen LogP contribution is -2.25. The quantitative estimate of drug-likeness (QED) is 0.113. The fourth-order valence-corrected chi connectivity index (χ4v) is 7.37. The molecule has 0 heterocycles. The Balaban J connectivity index is 1.40. The van der Waals surface area contributed by atoms with Crippen molar-refractivity contribution < 1.29 is 0 Å². The van der Waals surface area contributed by atoms with Gasteiger partial charge in [-0.2, -0.15) is 0 Å². The highest BCUT2D eigenvalue weighted by atomic mass is 14.4. The molecule has 0 bridgehead atoms. The van der Waals surface area contributed by atoms with Crippen LogP contribution in [0.5, 0.6) is 0 Å². The van der Waals surface area contributed by atoms with Gasteiger partial charge in [-0.1, -0.05) is 188 Å². The van der Waals surface area contributed by atoms with E-state index in [9.17, 15) is 0 Å². The molecule has 1 aliphatic rings. The summed E-state index contributed by atoms with van der Waals surface area (Å²) in [5.74, 6) is 0. The number of fused-ring (bicyclic) bond motifs is 3. The minimum Gasteiger partial charge on any atom is -0.0654 e. The van der Waals surface area contributed by atoms with Gasteiger partial charge in [-0.3, -0.25) is 0 Å². The lowest BCUT2D eigenvalue weighted by molar-refractivity contribution is 0.397. The SMILES string of the molecule is CCCCCCCCC1(CCCCCCCC)c2ccccc2-c2ccc(Cc3ccc(-c4ccccc4)cc3)cc21. The van der Waals surface area contributed by atoms with E-state index in [1.807, 2.05) is 0 Å². The molecule has 220 valence electrons. The highest BCUT2D eigenvalue weighted by Gasteiger charge is 2.42. The van der Waals surface area contributed by atoms with Gasteiger partial charge < -0.3 is 0 Å². The average molecular weight is 557 g/mol. The second-order valence-corrected chi connectivity index (χ2v) is 12.8. The van der Waals surface area contributed by atoms with Crippen molar-refractivity contribution >= 4 is 0 Å². The van der Waals surface area contributed by atoms with Gasteiger partial charge in [0.25, 0.3) is 0 Å². The summed E-state index contributed by atoms with van der Waals surface area (Å²) < 4.78 is 0. The van der Waals surface area contributed by atoms with Crippen molar-refractivity contribution in [2.45, 2.75) is 116 Å². The first-order chi connectivity index (χ1) is 20.7. The van der Waals surface area contributed by atoms with Crippen LogP contribution in [0, 0.1) is 0 Å². The predicted octanol–water partition coefficient (Wildman–Crippen LogP) is 12.7. The average Bonchev–Trinajstić information content (AvgIpc) is 3.30. The predicted molar refractivity (Wildman–Crippen MR) is 183 cm³/mol. The zero-order chi connectivity index (χ0) is 29.0. The van der Waals surface area contributed by atoms with Crippen molar-refractivity contribution in [3.8, 4) is 22.3 Å². The molecule has 0 aromatic heterocycles. The molecule has 0 unspecified atom stereocenters. The fraction of sp³-hybridized carbons (Fsp3) is 0.429. The van der Waals surface area contributed by atoms with E-state index >= 15 is 0 Å². The third-order valence-corrected chi connectivity index (χ3v) is 9.72. The molecule has 5 rings (SSSR count). The summed E-state index contributed by atoms with van der Waals surface area (Å²) in [6, 6.07) is 36.8. The van der Waals surface area contributed by atoms with E-state index < -0.39 is 0 Å². The Kier molecular flexibility index (Phi) is 11.1. The van der Waals surface area contributed by atoms with Gasteiger partial charge in [0.05, 0.1) is 0 Å².